The van der Waals surface area contributed by atoms with E-state index in [0.29, 0.717) is 6.04 Å². The maximum absolute atomic E-state index is 4.80. The molecule has 0 bridgehead atoms. The Hall–Kier alpha value is -0.450. The summed E-state index contributed by atoms with van der Waals surface area (Å²) in [5, 5.41) is 6.97. The molecule has 96 valence electrons. The van der Waals surface area contributed by atoms with Crippen molar-refractivity contribution in [3.63, 3.8) is 0 Å². The molecule has 1 aromatic rings. The van der Waals surface area contributed by atoms with Gasteiger partial charge in [-0.15, -0.1) is 11.3 Å². The van der Waals surface area contributed by atoms with E-state index in [-0.39, 0.29) is 0 Å². The van der Waals surface area contributed by atoms with Crippen LogP contribution in [0.5, 0.6) is 0 Å². The lowest BCUT2D eigenvalue weighted by molar-refractivity contribution is 0.169. The molecule has 0 amide bonds. The molecule has 4 heteroatoms. The molecule has 0 spiro atoms. The zero-order valence-corrected chi connectivity index (χ0v) is 11.7. The van der Waals surface area contributed by atoms with Gasteiger partial charge in [0.15, 0.2) is 0 Å². The minimum Gasteiger partial charge on any atom is -0.314 e. The molecule has 3 nitrogen and oxygen atoms in total. The summed E-state index contributed by atoms with van der Waals surface area (Å²) in [6.45, 7) is 9.02. The van der Waals surface area contributed by atoms with Crippen LogP contribution in [0.25, 0.3) is 0 Å². The third kappa shape index (κ3) is 3.27. The molecule has 2 rings (SSSR count). The molecule has 0 saturated carbocycles. The molecule has 1 aromatic heterocycles. The van der Waals surface area contributed by atoms with E-state index in [1.807, 2.05) is 11.3 Å². The van der Waals surface area contributed by atoms with Crippen LogP contribution in [0.4, 0.5) is 0 Å². The molecular formula is C13H23N3S. The first-order valence-electron chi connectivity index (χ1n) is 6.74. The fourth-order valence-corrected chi connectivity index (χ4v) is 3.50. The summed E-state index contributed by atoms with van der Waals surface area (Å²) >= 11 is 1.84. The van der Waals surface area contributed by atoms with Crippen molar-refractivity contribution < 1.29 is 0 Å². The van der Waals surface area contributed by atoms with Crippen LogP contribution in [-0.4, -0.2) is 36.1 Å². The lowest BCUT2D eigenvalue weighted by Crippen LogP contribution is -2.45. The number of hydrogen-bond donors (Lipinski definition) is 1. The summed E-state index contributed by atoms with van der Waals surface area (Å²) in [5.74, 6) is 0. The Morgan fingerprint density at radius 1 is 1.41 bits per heavy atom. The second-order valence-electron chi connectivity index (χ2n) is 4.64. The zero-order chi connectivity index (χ0) is 12.1. The van der Waals surface area contributed by atoms with Crippen LogP contribution in [0.2, 0.25) is 0 Å². The van der Waals surface area contributed by atoms with Crippen LogP contribution >= 0.6 is 11.3 Å². The summed E-state index contributed by atoms with van der Waals surface area (Å²) in [5.41, 5.74) is 1.28. The maximum atomic E-state index is 4.80. The van der Waals surface area contributed by atoms with Gasteiger partial charge in [0.05, 0.1) is 11.7 Å². The Kier molecular flexibility index (Phi) is 4.95. The van der Waals surface area contributed by atoms with Crippen molar-refractivity contribution in [1.82, 2.24) is 15.2 Å². The van der Waals surface area contributed by atoms with Gasteiger partial charge in [0.2, 0.25) is 0 Å². The fourth-order valence-electron chi connectivity index (χ4n) is 2.43. The summed E-state index contributed by atoms with van der Waals surface area (Å²) in [6.07, 6.45) is 3.47. The Labute approximate surface area is 108 Å². The van der Waals surface area contributed by atoms with Gasteiger partial charge >= 0.3 is 0 Å². The van der Waals surface area contributed by atoms with Gasteiger partial charge in [0.25, 0.3) is 0 Å². The third-order valence-electron chi connectivity index (χ3n) is 3.34. The molecule has 0 radical (unpaired) electrons. The Bertz CT molecular complexity index is 331. The van der Waals surface area contributed by atoms with E-state index < -0.39 is 0 Å². The quantitative estimate of drug-likeness (QED) is 0.873. The van der Waals surface area contributed by atoms with Crippen molar-refractivity contribution in [2.24, 2.45) is 0 Å². The lowest BCUT2D eigenvalue weighted by atomic mass is 10.1. The Morgan fingerprint density at radius 3 is 2.82 bits per heavy atom. The van der Waals surface area contributed by atoms with E-state index in [1.54, 1.807) is 0 Å². The molecule has 2 heterocycles. The van der Waals surface area contributed by atoms with E-state index in [4.69, 9.17) is 4.98 Å². The molecular weight excluding hydrogens is 230 g/mol. The first kappa shape index (κ1) is 13.0. The molecule has 1 atom stereocenters. The van der Waals surface area contributed by atoms with Crippen LogP contribution < -0.4 is 5.32 Å². The first-order valence-corrected chi connectivity index (χ1v) is 7.62. The molecule has 1 aliphatic rings. The highest BCUT2D eigenvalue weighted by atomic mass is 32.1. The van der Waals surface area contributed by atoms with Crippen molar-refractivity contribution >= 4 is 11.3 Å². The summed E-state index contributed by atoms with van der Waals surface area (Å²) in [7, 11) is 0. The molecule has 1 N–H and O–H groups in total. The largest absolute Gasteiger partial charge is 0.314 e. The van der Waals surface area contributed by atoms with Crippen LogP contribution in [-0.2, 0) is 6.42 Å². The number of nitrogens with zero attached hydrogens (tertiary/aromatic N) is 2. The number of rotatable bonds is 5. The smallest absolute Gasteiger partial charge is 0.110 e. The van der Waals surface area contributed by atoms with Crippen LogP contribution in [0.1, 0.15) is 43.4 Å². The molecule has 0 aliphatic carbocycles. The van der Waals surface area contributed by atoms with Crippen molar-refractivity contribution in [2.75, 3.05) is 26.2 Å². The van der Waals surface area contributed by atoms with Crippen molar-refractivity contribution in [1.29, 1.82) is 0 Å². The first-order chi connectivity index (χ1) is 8.35. The predicted octanol–water partition coefficient (Wildman–Crippen LogP) is 2.45. The second kappa shape index (κ2) is 6.47. The summed E-state index contributed by atoms with van der Waals surface area (Å²) in [4.78, 5) is 7.38. The Balaban J connectivity index is 2.04. The highest BCUT2D eigenvalue weighted by Gasteiger charge is 2.22. The molecule has 1 unspecified atom stereocenters. The van der Waals surface area contributed by atoms with E-state index in [1.165, 1.54) is 23.5 Å². The minimum atomic E-state index is 0.535. The van der Waals surface area contributed by atoms with E-state index in [9.17, 15) is 0 Å². The predicted molar refractivity (Wildman–Crippen MR) is 73.6 cm³/mol. The minimum absolute atomic E-state index is 0.535. The zero-order valence-electron chi connectivity index (χ0n) is 10.9. The molecule has 17 heavy (non-hydrogen) atoms. The van der Waals surface area contributed by atoms with Gasteiger partial charge in [-0.25, -0.2) is 4.98 Å². The van der Waals surface area contributed by atoms with Gasteiger partial charge < -0.3 is 5.32 Å². The Morgan fingerprint density at radius 2 is 2.18 bits per heavy atom. The van der Waals surface area contributed by atoms with Gasteiger partial charge in [-0.3, -0.25) is 4.90 Å². The van der Waals surface area contributed by atoms with Gasteiger partial charge in [0, 0.05) is 31.6 Å². The molecule has 1 fully saturated rings. The number of aromatic nitrogens is 1. The third-order valence-corrected chi connectivity index (χ3v) is 4.33. The number of aryl methyl sites for hydroxylation is 1. The van der Waals surface area contributed by atoms with Gasteiger partial charge in [-0.05, 0) is 12.8 Å². The van der Waals surface area contributed by atoms with Gasteiger partial charge in [-0.1, -0.05) is 20.3 Å². The highest BCUT2D eigenvalue weighted by molar-refractivity contribution is 7.09. The molecule has 0 aromatic carbocycles. The fraction of sp³-hybridized carbons (Fsp3) is 0.769. The number of piperazine rings is 1. The van der Waals surface area contributed by atoms with E-state index in [0.717, 1.165) is 32.6 Å². The van der Waals surface area contributed by atoms with Crippen molar-refractivity contribution in [2.45, 2.75) is 39.2 Å². The normalized spacial score (nSPS) is 19.4. The van der Waals surface area contributed by atoms with Crippen LogP contribution in [0.3, 0.4) is 0 Å². The lowest BCUT2D eigenvalue weighted by Gasteiger charge is -2.33. The van der Waals surface area contributed by atoms with Crippen LogP contribution in [0.15, 0.2) is 5.38 Å². The number of nitrogens with one attached hydrogen (secondary N) is 1. The van der Waals surface area contributed by atoms with E-state index >= 15 is 0 Å². The van der Waals surface area contributed by atoms with Crippen molar-refractivity contribution in [3.8, 4) is 0 Å². The highest BCUT2D eigenvalue weighted by Crippen LogP contribution is 2.27. The SMILES string of the molecule is CCCc1csc(C(CC)N2CCNCC2)n1. The molecule has 1 aliphatic heterocycles. The topological polar surface area (TPSA) is 28.2 Å². The molecule has 1 saturated heterocycles. The standard InChI is InChI=1S/C13H23N3S/c1-3-5-11-10-17-13(15-11)12(4-2)16-8-6-14-7-9-16/h10,12,14H,3-9H2,1-2H3. The van der Waals surface area contributed by atoms with Crippen LogP contribution in [0, 0.1) is 0 Å². The van der Waals surface area contributed by atoms with Gasteiger partial charge in [-0.2, -0.15) is 0 Å². The number of hydrogen-bond acceptors (Lipinski definition) is 4. The number of thiazole rings is 1. The van der Waals surface area contributed by atoms with Gasteiger partial charge in [0.1, 0.15) is 5.01 Å². The summed E-state index contributed by atoms with van der Waals surface area (Å²) in [6, 6.07) is 0.535. The second-order valence-corrected chi connectivity index (χ2v) is 5.53. The monoisotopic (exact) mass is 253 g/mol. The van der Waals surface area contributed by atoms with Crippen molar-refractivity contribution in [3.05, 3.63) is 16.1 Å². The summed E-state index contributed by atoms with van der Waals surface area (Å²) < 4.78 is 0. The average molecular weight is 253 g/mol. The average Bonchev–Trinajstić information content (AvgIpc) is 2.81. The maximum Gasteiger partial charge on any atom is 0.110 e. The van der Waals surface area contributed by atoms with E-state index in [2.05, 4.69) is 29.4 Å².